The summed E-state index contributed by atoms with van der Waals surface area (Å²) in [5.41, 5.74) is 0.0114. The average molecular weight is 330 g/mol. The van der Waals surface area contributed by atoms with Gasteiger partial charge in [-0.15, -0.1) is 0 Å². The number of rotatable bonds is 5. The van der Waals surface area contributed by atoms with Crippen LogP contribution in [0.5, 0.6) is 17.2 Å². The Labute approximate surface area is 137 Å². The molecule has 0 spiro atoms. The molecule has 6 heteroatoms. The van der Waals surface area contributed by atoms with Gasteiger partial charge in [0, 0.05) is 12.8 Å². The van der Waals surface area contributed by atoms with Gasteiger partial charge in [0.25, 0.3) is 0 Å². The topological polar surface area (TPSA) is 72.8 Å². The van der Waals surface area contributed by atoms with E-state index in [-0.39, 0.29) is 42.1 Å². The second-order valence-corrected chi connectivity index (χ2v) is 5.31. The third kappa shape index (κ3) is 3.08. The number of carbonyl (C=O) groups is 2. The first-order valence-corrected chi connectivity index (χ1v) is 7.50. The summed E-state index contributed by atoms with van der Waals surface area (Å²) < 4.78 is 24.2. The first-order valence-electron chi connectivity index (χ1n) is 7.50. The molecule has 0 fully saturated rings. The van der Waals surface area contributed by atoms with Crippen LogP contribution in [-0.2, 0) is 0 Å². The van der Waals surface area contributed by atoms with Gasteiger partial charge in [-0.1, -0.05) is 12.1 Å². The standard InChI is InChI=1S/C18H15FO5/c19-13-4-2-1-3-11(13)14(20)6-7-15(21)12-5-8-16-18(17(12)22)24-10-9-23-16/h1-5,8,22H,6-7,9-10H2. The van der Waals surface area contributed by atoms with E-state index in [1.54, 1.807) is 12.1 Å². The van der Waals surface area contributed by atoms with Gasteiger partial charge in [-0.05, 0) is 24.3 Å². The Morgan fingerprint density at radius 2 is 1.62 bits per heavy atom. The fourth-order valence-corrected chi connectivity index (χ4v) is 2.51. The lowest BCUT2D eigenvalue weighted by Gasteiger charge is -2.20. The van der Waals surface area contributed by atoms with E-state index in [1.807, 2.05) is 0 Å². The second-order valence-electron chi connectivity index (χ2n) is 5.31. The Morgan fingerprint density at radius 3 is 2.38 bits per heavy atom. The van der Waals surface area contributed by atoms with Crippen molar-refractivity contribution in [2.45, 2.75) is 12.8 Å². The van der Waals surface area contributed by atoms with E-state index >= 15 is 0 Å². The molecule has 1 N–H and O–H groups in total. The summed E-state index contributed by atoms with van der Waals surface area (Å²) in [5, 5.41) is 10.2. The maximum atomic E-state index is 13.6. The molecule has 1 aliphatic heterocycles. The van der Waals surface area contributed by atoms with E-state index in [0.717, 1.165) is 0 Å². The Hall–Kier alpha value is -2.89. The number of hydrogen-bond donors (Lipinski definition) is 1. The normalized spacial score (nSPS) is 12.7. The van der Waals surface area contributed by atoms with Crippen molar-refractivity contribution in [2.75, 3.05) is 13.2 Å². The number of ketones is 2. The van der Waals surface area contributed by atoms with Crippen LogP contribution >= 0.6 is 0 Å². The summed E-state index contributed by atoms with van der Waals surface area (Å²) in [7, 11) is 0. The smallest absolute Gasteiger partial charge is 0.204 e. The number of halogens is 1. The van der Waals surface area contributed by atoms with E-state index in [2.05, 4.69) is 0 Å². The highest BCUT2D eigenvalue weighted by Crippen LogP contribution is 2.41. The van der Waals surface area contributed by atoms with Gasteiger partial charge in [0.2, 0.25) is 5.75 Å². The molecule has 1 heterocycles. The first-order chi connectivity index (χ1) is 11.6. The average Bonchev–Trinajstić information content (AvgIpc) is 2.60. The minimum Gasteiger partial charge on any atom is -0.504 e. The zero-order valence-electron chi connectivity index (χ0n) is 12.8. The molecule has 0 unspecified atom stereocenters. The fourth-order valence-electron chi connectivity index (χ4n) is 2.51. The number of aromatic hydroxyl groups is 1. The Morgan fingerprint density at radius 1 is 0.958 bits per heavy atom. The predicted molar refractivity (Wildman–Crippen MR) is 83.4 cm³/mol. The summed E-state index contributed by atoms with van der Waals surface area (Å²) in [4.78, 5) is 24.3. The highest BCUT2D eigenvalue weighted by atomic mass is 19.1. The zero-order valence-corrected chi connectivity index (χ0v) is 12.8. The maximum Gasteiger partial charge on any atom is 0.204 e. The molecule has 0 aliphatic carbocycles. The van der Waals surface area contributed by atoms with Crippen molar-refractivity contribution >= 4 is 11.6 Å². The minimum absolute atomic E-state index is 0.0447. The molecule has 2 aromatic carbocycles. The van der Waals surface area contributed by atoms with Gasteiger partial charge in [0.05, 0.1) is 11.1 Å². The number of carbonyl (C=O) groups excluding carboxylic acids is 2. The molecule has 0 bridgehead atoms. The SMILES string of the molecule is O=C(CCC(=O)c1ccc2c(c1O)OCCO2)c1ccccc1F. The summed E-state index contributed by atoms with van der Waals surface area (Å²) in [6.45, 7) is 0.654. The van der Waals surface area contributed by atoms with Crippen molar-refractivity contribution in [1.82, 2.24) is 0 Å². The Bertz CT molecular complexity index is 800. The minimum atomic E-state index is -0.614. The molecule has 24 heavy (non-hydrogen) atoms. The molecular formula is C18H15FO5. The zero-order chi connectivity index (χ0) is 17.1. The summed E-state index contributed by atoms with van der Waals surface area (Å²) in [6, 6.07) is 8.60. The van der Waals surface area contributed by atoms with Crippen LogP contribution in [0.1, 0.15) is 33.6 Å². The van der Waals surface area contributed by atoms with E-state index in [1.165, 1.54) is 24.3 Å². The van der Waals surface area contributed by atoms with Crippen LogP contribution in [0.15, 0.2) is 36.4 Å². The number of benzene rings is 2. The van der Waals surface area contributed by atoms with Gasteiger partial charge in [0.15, 0.2) is 23.1 Å². The van der Waals surface area contributed by atoms with Gasteiger partial charge >= 0.3 is 0 Å². The summed E-state index contributed by atoms with van der Waals surface area (Å²) >= 11 is 0. The molecule has 0 radical (unpaired) electrons. The number of phenols is 1. The largest absolute Gasteiger partial charge is 0.504 e. The maximum absolute atomic E-state index is 13.6. The second kappa shape index (κ2) is 6.70. The van der Waals surface area contributed by atoms with Crippen LogP contribution in [0, 0.1) is 5.82 Å². The molecule has 0 aromatic heterocycles. The van der Waals surface area contributed by atoms with Gasteiger partial charge in [-0.2, -0.15) is 0 Å². The van der Waals surface area contributed by atoms with Crippen molar-refractivity contribution < 1.29 is 28.6 Å². The Balaban J connectivity index is 1.72. The lowest BCUT2D eigenvalue weighted by Crippen LogP contribution is -2.16. The number of ether oxygens (including phenoxy) is 2. The third-order valence-electron chi connectivity index (χ3n) is 3.74. The van der Waals surface area contributed by atoms with Crippen molar-refractivity contribution in [3.8, 4) is 17.2 Å². The van der Waals surface area contributed by atoms with Gasteiger partial charge < -0.3 is 14.6 Å². The highest BCUT2D eigenvalue weighted by molar-refractivity contribution is 6.04. The number of hydrogen-bond acceptors (Lipinski definition) is 5. The highest BCUT2D eigenvalue weighted by Gasteiger charge is 2.23. The van der Waals surface area contributed by atoms with Gasteiger partial charge in [-0.25, -0.2) is 4.39 Å². The van der Waals surface area contributed by atoms with Crippen molar-refractivity contribution in [3.63, 3.8) is 0 Å². The van der Waals surface area contributed by atoms with Crippen molar-refractivity contribution in [3.05, 3.63) is 53.3 Å². The fraction of sp³-hybridized carbons (Fsp3) is 0.222. The van der Waals surface area contributed by atoms with Crippen LogP contribution < -0.4 is 9.47 Å². The molecule has 124 valence electrons. The lowest BCUT2D eigenvalue weighted by atomic mass is 10.00. The molecular weight excluding hydrogens is 315 g/mol. The van der Waals surface area contributed by atoms with E-state index in [4.69, 9.17) is 9.47 Å². The molecule has 3 rings (SSSR count). The molecule has 1 aliphatic rings. The molecule has 0 atom stereocenters. The van der Waals surface area contributed by atoms with Gasteiger partial charge in [0.1, 0.15) is 19.0 Å². The van der Waals surface area contributed by atoms with E-state index in [9.17, 15) is 19.1 Å². The monoisotopic (exact) mass is 330 g/mol. The van der Waals surface area contributed by atoms with Crippen LogP contribution in [0.25, 0.3) is 0 Å². The van der Waals surface area contributed by atoms with Crippen molar-refractivity contribution in [1.29, 1.82) is 0 Å². The predicted octanol–water partition coefficient (Wildman–Crippen LogP) is 3.15. The quantitative estimate of drug-likeness (QED) is 0.853. The lowest BCUT2D eigenvalue weighted by molar-refractivity contribution is 0.0912. The van der Waals surface area contributed by atoms with E-state index in [0.29, 0.717) is 12.4 Å². The Kier molecular flexibility index (Phi) is 4.46. The molecule has 0 saturated carbocycles. The summed E-state index contributed by atoms with van der Waals surface area (Å²) in [5.74, 6) is -1.29. The summed E-state index contributed by atoms with van der Waals surface area (Å²) in [6.07, 6.45) is -0.284. The first kappa shape index (κ1) is 16.0. The number of phenolic OH excluding ortho intramolecular Hbond substituents is 1. The molecule has 5 nitrogen and oxygen atoms in total. The van der Waals surface area contributed by atoms with Crippen LogP contribution in [0.3, 0.4) is 0 Å². The van der Waals surface area contributed by atoms with Crippen molar-refractivity contribution in [2.24, 2.45) is 0 Å². The number of fused-ring (bicyclic) bond motifs is 1. The van der Waals surface area contributed by atoms with Crippen LogP contribution in [-0.4, -0.2) is 29.9 Å². The van der Waals surface area contributed by atoms with Crippen LogP contribution in [0.2, 0.25) is 0 Å². The molecule has 0 saturated heterocycles. The van der Waals surface area contributed by atoms with E-state index < -0.39 is 17.4 Å². The third-order valence-corrected chi connectivity index (χ3v) is 3.74. The molecule has 0 amide bonds. The molecule has 2 aromatic rings. The number of Topliss-reactive ketones (excluding diaryl/α,β-unsaturated/α-hetero) is 2. The van der Waals surface area contributed by atoms with Crippen LogP contribution in [0.4, 0.5) is 4.39 Å². The van der Waals surface area contributed by atoms with Gasteiger partial charge in [-0.3, -0.25) is 9.59 Å².